The topological polar surface area (TPSA) is 69.7 Å². The van der Waals surface area contributed by atoms with Gasteiger partial charge in [0, 0.05) is 0 Å². The van der Waals surface area contributed by atoms with Gasteiger partial charge in [-0.05, 0) is 41.5 Å². The molecular formula is C12H20O5. The Morgan fingerprint density at radius 3 is 1.65 bits per heavy atom. The van der Waals surface area contributed by atoms with Crippen LogP contribution in [-0.2, 0) is 23.9 Å². The average molecular weight is 244 g/mol. The van der Waals surface area contributed by atoms with Crippen molar-refractivity contribution in [3.63, 3.8) is 0 Å². The fourth-order valence-electron chi connectivity index (χ4n) is 0.977. The third-order valence-electron chi connectivity index (χ3n) is 1.95. The van der Waals surface area contributed by atoms with Gasteiger partial charge < -0.3 is 9.47 Å². The van der Waals surface area contributed by atoms with E-state index in [2.05, 4.69) is 0 Å². The zero-order valence-corrected chi connectivity index (χ0v) is 11.2. The maximum absolute atomic E-state index is 11.7. The maximum atomic E-state index is 11.7. The van der Waals surface area contributed by atoms with E-state index < -0.39 is 29.2 Å². The summed E-state index contributed by atoms with van der Waals surface area (Å²) in [6, 6.07) is 0. The lowest BCUT2D eigenvalue weighted by Gasteiger charge is -2.22. The molecule has 0 fully saturated rings. The van der Waals surface area contributed by atoms with Crippen molar-refractivity contribution in [3.8, 4) is 0 Å². The van der Waals surface area contributed by atoms with Gasteiger partial charge in [-0.25, -0.2) is 4.79 Å². The van der Waals surface area contributed by atoms with Crippen LogP contribution in [0, 0.1) is 5.41 Å². The third kappa shape index (κ3) is 4.54. The van der Waals surface area contributed by atoms with Crippen LogP contribution in [0.4, 0.5) is 0 Å². The summed E-state index contributed by atoms with van der Waals surface area (Å²) in [6.45, 7) is 9.30. The molecule has 0 aliphatic rings. The highest BCUT2D eigenvalue weighted by Gasteiger charge is 2.43. The number of hydrogen-bond donors (Lipinski definition) is 0. The smallest absolute Gasteiger partial charge is 0.376 e. The molecule has 0 atom stereocenters. The van der Waals surface area contributed by atoms with E-state index in [1.807, 2.05) is 0 Å². The lowest BCUT2D eigenvalue weighted by molar-refractivity contribution is -0.170. The first-order valence-corrected chi connectivity index (χ1v) is 5.55. The Labute approximate surface area is 101 Å². The summed E-state index contributed by atoms with van der Waals surface area (Å²) < 4.78 is 9.68. The summed E-state index contributed by atoms with van der Waals surface area (Å²) in [5.74, 6) is -2.62. The van der Waals surface area contributed by atoms with Crippen molar-refractivity contribution in [2.45, 2.75) is 53.8 Å². The predicted octanol–water partition coefficient (Wildman–Crippen LogP) is 1.48. The molecule has 0 unspecified atom stereocenters. The van der Waals surface area contributed by atoms with E-state index in [9.17, 15) is 14.4 Å². The zero-order valence-electron chi connectivity index (χ0n) is 11.2. The fourth-order valence-corrected chi connectivity index (χ4v) is 0.977. The van der Waals surface area contributed by atoms with Gasteiger partial charge in [-0.3, -0.25) is 9.59 Å². The number of ketones is 1. The molecule has 0 rings (SSSR count). The monoisotopic (exact) mass is 244 g/mol. The van der Waals surface area contributed by atoms with E-state index in [1.165, 1.54) is 13.8 Å². The van der Waals surface area contributed by atoms with Gasteiger partial charge in [0.15, 0.2) is 0 Å². The first-order valence-electron chi connectivity index (χ1n) is 5.55. The molecular weight excluding hydrogens is 224 g/mol. The second-order valence-electron chi connectivity index (χ2n) is 4.86. The van der Waals surface area contributed by atoms with Crippen molar-refractivity contribution >= 4 is 17.7 Å². The summed E-state index contributed by atoms with van der Waals surface area (Å²) >= 11 is 0. The highest BCUT2D eigenvalue weighted by Crippen LogP contribution is 2.20. The Bertz CT molecular complexity index is 315. The number of rotatable bonds is 5. The van der Waals surface area contributed by atoms with Gasteiger partial charge in [-0.2, -0.15) is 0 Å². The third-order valence-corrected chi connectivity index (χ3v) is 1.95. The van der Waals surface area contributed by atoms with Crippen molar-refractivity contribution in [2.75, 3.05) is 0 Å². The van der Waals surface area contributed by atoms with E-state index in [0.717, 1.165) is 0 Å². The van der Waals surface area contributed by atoms with Gasteiger partial charge in [-0.1, -0.05) is 0 Å². The molecule has 0 aromatic carbocycles. The van der Waals surface area contributed by atoms with Crippen LogP contribution in [0.2, 0.25) is 0 Å². The van der Waals surface area contributed by atoms with Gasteiger partial charge in [-0.15, -0.1) is 0 Å². The summed E-state index contributed by atoms with van der Waals surface area (Å²) in [6.07, 6.45) is -0.737. The largest absolute Gasteiger partial charge is 0.462 e. The highest BCUT2D eigenvalue weighted by molar-refractivity contribution is 6.39. The summed E-state index contributed by atoms with van der Waals surface area (Å²) in [5.41, 5.74) is -1.52. The normalized spacial score (nSPS) is 11.5. The van der Waals surface area contributed by atoms with Crippen LogP contribution in [0.3, 0.4) is 0 Å². The van der Waals surface area contributed by atoms with E-state index in [1.54, 1.807) is 27.7 Å². The number of esters is 2. The van der Waals surface area contributed by atoms with Crippen molar-refractivity contribution < 1.29 is 23.9 Å². The quantitative estimate of drug-likeness (QED) is 0.416. The molecule has 0 spiro atoms. The summed E-state index contributed by atoms with van der Waals surface area (Å²) in [4.78, 5) is 34.8. The Balaban J connectivity index is 4.75. The first kappa shape index (κ1) is 15.6. The van der Waals surface area contributed by atoms with Crippen molar-refractivity contribution in [2.24, 2.45) is 5.41 Å². The van der Waals surface area contributed by atoms with Crippen LogP contribution in [-0.4, -0.2) is 29.9 Å². The fraction of sp³-hybridized carbons (Fsp3) is 0.750. The Morgan fingerprint density at radius 2 is 1.29 bits per heavy atom. The molecule has 0 bridgehead atoms. The average Bonchev–Trinajstić information content (AvgIpc) is 2.14. The predicted molar refractivity (Wildman–Crippen MR) is 61.2 cm³/mol. The van der Waals surface area contributed by atoms with Gasteiger partial charge in [0.05, 0.1) is 12.2 Å². The molecule has 0 heterocycles. The molecule has 0 N–H and O–H groups in total. The minimum atomic E-state index is -1.52. The minimum Gasteiger partial charge on any atom is -0.462 e. The van der Waals surface area contributed by atoms with Gasteiger partial charge >= 0.3 is 11.9 Å². The van der Waals surface area contributed by atoms with E-state index in [-0.39, 0.29) is 6.10 Å². The molecule has 0 saturated heterocycles. The molecule has 0 amide bonds. The van der Waals surface area contributed by atoms with Crippen molar-refractivity contribution in [1.82, 2.24) is 0 Å². The molecule has 0 aromatic rings. The van der Waals surface area contributed by atoms with E-state index >= 15 is 0 Å². The lowest BCUT2D eigenvalue weighted by Crippen LogP contribution is -2.41. The summed E-state index contributed by atoms with van der Waals surface area (Å²) in [5, 5.41) is 0. The minimum absolute atomic E-state index is 0.337. The van der Waals surface area contributed by atoms with Crippen LogP contribution in [0.15, 0.2) is 0 Å². The van der Waals surface area contributed by atoms with Crippen LogP contribution >= 0.6 is 0 Å². The first-order chi connectivity index (χ1) is 7.59. The molecule has 0 aliphatic heterocycles. The standard InChI is InChI=1S/C12H20O5/c1-7(2)16-10(14)9(13)12(5,6)11(15)17-8(3)4/h7-8H,1-6H3. The van der Waals surface area contributed by atoms with Crippen LogP contribution < -0.4 is 0 Å². The summed E-state index contributed by atoms with van der Waals surface area (Å²) in [7, 11) is 0. The van der Waals surface area contributed by atoms with Gasteiger partial charge in [0.1, 0.15) is 5.41 Å². The Morgan fingerprint density at radius 1 is 0.882 bits per heavy atom. The number of ether oxygens (including phenoxy) is 2. The van der Waals surface area contributed by atoms with Crippen molar-refractivity contribution in [3.05, 3.63) is 0 Å². The molecule has 5 nitrogen and oxygen atoms in total. The highest BCUT2D eigenvalue weighted by atomic mass is 16.6. The van der Waals surface area contributed by atoms with Crippen LogP contribution in [0.1, 0.15) is 41.5 Å². The Hall–Kier alpha value is -1.39. The molecule has 0 radical (unpaired) electrons. The van der Waals surface area contributed by atoms with Gasteiger partial charge in [0.25, 0.3) is 5.78 Å². The van der Waals surface area contributed by atoms with Crippen LogP contribution in [0.25, 0.3) is 0 Å². The zero-order chi connectivity index (χ0) is 13.8. The lowest BCUT2D eigenvalue weighted by atomic mass is 9.88. The Kier molecular flexibility index (Phi) is 5.32. The van der Waals surface area contributed by atoms with Gasteiger partial charge in [0.2, 0.25) is 0 Å². The van der Waals surface area contributed by atoms with Crippen LogP contribution in [0.5, 0.6) is 0 Å². The molecule has 0 aromatic heterocycles. The number of carbonyl (C=O) groups is 3. The maximum Gasteiger partial charge on any atom is 0.376 e. The molecule has 17 heavy (non-hydrogen) atoms. The molecule has 5 heteroatoms. The van der Waals surface area contributed by atoms with E-state index in [0.29, 0.717) is 0 Å². The number of carbonyl (C=O) groups excluding carboxylic acids is 3. The SMILES string of the molecule is CC(C)OC(=O)C(=O)C(C)(C)C(=O)OC(C)C. The second kappa shape index (κ2) is 5.80. The van der Waals surface area contributed by atoms with E-state index in [4.69, 9.17) is 9.47 Å². The van der Waals surface area contributed by atoms with Crippen molar-refractivity contribution in [1.29, 1.82) is 0 Å². The second-order valence-corrected chi connectivity index (χ2v) is 4.86. The molecule has 0 saturated carbocycles. The molecule has 0 aliphatic carbocycles. The molecule has 98 valence electrons. The number of Topliss-reactive ketones (excluding diaryl/α,β-unsaturated/α-hetero) is 1. The number of hydrogen-bond acceptors (Lipinski definition) is 5.